The summed E-state index contributed by atoms with van der Waals surface area (Å²) >= 11 is 0. The highest BCUT2D eigenvalue weighted by Gasteiger charge is 2.19. The third kappa shape index (κ3) is 2.22. The van der Waals surface area contributed by atoms with Gasteiger partial charge in [-0.3, -0.25) is 0 Å². The van der Waals surface area contributed by atoms with Crippen molar-refractivity contribution in [3.63, 3.8) is 0 Å². The van der Waals surface area contributed by atoms with Crippen molar-refractivity contribution in [2.75, 3.05) is 7.11 Å². The smallest absolute Gasteiger partial charge is 0.126 e. The van der Waals surface area contributed by atoms with Gasteiger partial charge in [0.1, 0.15) is 11.3 Å². The Morgan fingerprint density at radius 2 is 1.71 bits per heavy atom. The number of aromatic nitrogens is 3. The van der Waals surface area contributed by atoms with Gasteiger partial charge in [-0.05, 0) is 35.6 Å². The van der Waals surface area contributed by atoms with Crippen LogP contribution in [-0.4, -0.2) is 22.1 Å². The molecule has 1 unspecified atom stereocenters. The molecule has 0 aliphatic carbocycles. The molecule has 0 bridgehead atoms. The molecule has 24 heavy (non-hydrogen) atoms. The van der Waals surface area contributed by atoms with Crippen molar-refractivity contribution in [3.8, 4) is 5.75 Å². The monoisotopic (exact) mass is 317 g/mol. The Morgan fingerprint density at radius 3 is 2.50 bits per heavy atom. The Labute approximate surface area is 140 Å². The second kappa shape index (κ2) is 5.96. The van der Waals surface area contributed by atoms with Gasteiger partial charge in [0.15, 0.2) is 0 Å². The van der Waals surface area contributed by atoms with Crippen LogP contribution in [0.5, 0.6) is 5.75 Å². The lowest BCUT2D eigenvalue weighted by Gasteiger charge is -2.19. The number of para-hydroxylation sites is 1. The van der Waals surface area contributed by atoms with Crippen molar-refractivity contribution >= 4 is 21.8 Å². The first-order valence-electron chi connectivity index (χ1n) is 8.19. The minimum Gasteiger partial charge on any atom is -0.496 e. The largest absolute Gasteiger partial charge is 0.496 e. The van der Waals surface area contributed by atoms with Crippen molar-refractivity contribution in [1.82, 2.24) is 15.0 Å². The molecule has 0 spiro atoms. The Kier molecular flexibility index (Phi) is 3.65. The average Bonchev–Trinajstić information content (AvgIpc) is 3.06. The van der Waals surface area contributed by atoms with Crippen molar-refractivity contribution < 1.29 is 4.74 Å². The summed E-state index contributed by atoms with van der Waals surface area (Å²) in [7, 11) is 1.71. The number of nitrogens with zero attached hydrogens (tertiary/aromatic N) is 3. The van der Waals surface area contributed by atoms with Crippen molar-refractivity contribution in [1.29, 1.82) is 0 Å². The summed E-state index contributed by atoms with van der Waals surface area (Å²) in [6.45, 7) is 2.18. The van der Waals surface area contributed by atoms with Crippen LogP contribution in [0.25, 0.3) is 21.8 Å². The summed E-state index contributed by atoms with van der Waals surface area (Å²) in [6, 6.07) is 20.8. The third-order valence-electron chi connectivity index (χ3n) is 4.56. The molecule has 3 aromatic carbocycles. The lowest BCUT2D eigenvalue weighted by atomic mass is 9.96. The quantitative estimate of drug-likeness (QED) is 0.552. The molecule has 4 nitrogen and oxygen atoms in total. The predicted molar refractivity (Wildman–Crippen MR) is 96.5 cm³/mol. The van der Waals surface area contributed by atoms with Crippen LogP contribution in [-0.2, 0) is 0 Å². The Bertz CT molecular complexity index is 1010. The Hall–Kier alpha value is -2.88. The summed E-state index contributed by atoms with van der Waals surface area (Å²) in [5.74, 6) is 0.896. The first-order chi connectivity index (χ1) is 11.8. The first kappa shape index (κ1) is 14.7. The van der Waals surface area contributed by atoms with Crippen molar-refractivity contribution in [2.45, 2.75) is 19.4 Å². The number of benzene rings is 3. The Morgan fingerprint density at radius 1 is 0.958 bits per heavy atom. The fraction of sp³-hybridized carbons (Fsp3) is 0.200. The lowest BCUT2D eigenvalue weighted by molar-refractivity contribution is 0.419. The highest BCUT2D eigenvalue weighted by atomic mass is 16.5. The van der Waals surface area contributed by atoms with Crippen LogP contribution in [0.15, 0.2) is 60.7 Å². The molecule has 0 amide bonds. The molecule has 0 aliphatic heterocycles. The molecule has 0 aliphatic rings. The van der Waals surface area contributed by atoms with Gasteiger partial charge in [0.05, 0.1) is 18.7 Å². The summed E-state index contributed by atoms with van der Waals surface area (Å²) in [5, 5.41) is 11.1. The van der Waals surface area contributed by atoms with Gasteiger partial charge in [0.25, 0.3) is 0 Å². The highest BCUT2D eigenvalue weighted by molar-refractivity contribution is 5.91. The number of ether oxygens (including phenoxy) is 1. The molecular weight excluding hydrogens is 298 g/mol. The number of rotatable bonds is 4. The van der Waals surface area contributed by atoms with E-state index in [1.807, 2.05) is 35.0 Å². The second-order valence-corrected chi connectivity index (χ2v) is 5.85. The third-order valence-corrected chi connectivity index (χ3v) is 4.56. The molecule has 1 atom stereocenters. The lowest BCUT2D eigenvalue weighted by Crippen LogP contribution is -2.12. The zero-order chi connectivity index (χ0) is 16.5. The van der Waals surface area contributed by atoms with Gasteiger partial charge >= 0.3 is 0 Å². The van der Waals surface area contributed by atoms with Crippen LogP contribution in [0.4, 0.5) is 0 Å². The maximum Gasteiger partial charge on any atom is 0.126 e. The van der Waals surface area contributed by atoms with Gasteiger partial charge in [-0.25, -0.2) is 4.68 Å². The van der Waals surface area contributed by atoms with E-state index in [4.69, 9.17) is 4.74 Å². The minimum atomic E-state index is 0.133. The number of hydrogen-bond acceptors (Lipinski definition) is 3. The van der Waals surface area contributed by atoms with E-state index in [9.17, 15) is 0 Å². The van der Waals surface area contributed by atoms with E-state index in [0.717, 1.165) is 28.6 Å². The molecule has 4 heteroatoms. The highest BCUT2D eigenvalue weighted by Crippen LogP contribution is 2.35. The molecule has 0 N–H and O–H groups in total. The van der Waals surface area contributed by atoms with Crippen LogP contribution >= 0.6 is 0 Å². The summed E-state index contributed by atoms with van der Waals surface area (Å²) in [5.41, 5.74) is 3.22. The van der Waals surface area contributed by atoms with Crippen LogP contribution in [0.3, 0.4) is 0 Å². The molecule has 1 aromatic heterocycles. The Balaban J connectivity index is 1.95. The number of methoxy groups -OCH3 is 1. The van der Waals surface area contributed by atoms with Gasteiger partial charge in [0.2, 0.25) is 0 Å². The minimum absolute atomic E-state index is 0.133. The van der Waals surface area contributed by atoms with E-state index in [0.29, 0.717) is 0 Å². The van der Waals surface area contributed by atoms with Crippen LogP contribution in [0.1, 0.15) is 24.9 Å². The second-order valence-electron chi connectivity index (χ2n) is 5.85. The van der Waals surface area contributed by atoms with Gasteiger partial charge in [-0.1, -0.05) is 54.6 Å². The first-order valence-corrected chi connectivity index (χ1v) is 8.19. The van der Waals surface area contributed by atoms with Crippen molar-refractivity contribution in [2.24, 2.45) is 0 Å². The van der Waals surface area contributed by atoms with Crippen LogP contribution < -0.4 is 4.74 Å². The summed E-state index contributed by atoms with van der Waals surface area (Å²) in [6.07, 6.45) is 0.934. The van der Waals surface area contributed by atoms with Gasteiger partial charge in [-0.15, -0.1) is 5.10 Å². The molecule has 0 saturated carbocycles. The topological polar surface area (TPSA) is 39.9 Å². The zero-order valence-electron chi connectivity index (χ0n) is 13.8. The van der Waals surface area contributed by atoms with Crippen molar-refractivity contribution in [3.05, 3.63) is 66.2 Å². The fourth-order valence-electron chi connectivity index (χ4n) is 3.41. The molecular formula is C20H19N3O. The van der Waals surface area contributed by atoms with Crippen LogP contribution in [0, 0.1) is 0 Å². The predicted octanol–water partition coefficient (Wildman–Crippen LogP) is 4.59. The standard InChI is InChI=1S/C20H19N3O/c1-3-18(23-19-11-7-6-10-17(19)21-22-23)15-12-13-20(24-2)16-9-5-4-8-14(15)16/h4-13,18H,3H2,1-2H3. The SMILES string of the molecule is CCC(c1ccc(OC)c2ccccc12)n1nnc2ccccc21. The molecule has 1 heterocycles. The normalized spacial score (nSPS) is 12.6. The molecule has 120 valence electrons. The number of fused-ring (bicyclic) bond motifs is 2. The summed E-state index contributed by atoms with van der Waals surface area (Å²) < 4.78 is 7.55. The van der Waals surface area contributed by atoms with E-state index >= 15 is 0 Å². The molecule has 4 rings (SSSR count). The molecule has 0 saturated heterocycles. The van der Waals surface area contributed by atoms with E-state index in [1.54, 1.807) is 7.11 Å². The van der Waals surface area contributed by atoms with E-state index in [-0.39, 0.29) is 6.04 Å². The maximum absolute atomic E-state index is 5.52. The van der Waals surface area contributed by atoms with E-state index < -0.39 is 0 Å². The van der Waals surface area contributed by atoms with Crippen LogP contribution in [0.2, 0.25) is 0 Å². The van der Waals surface area contributed by atoms with E-state index in [1.165, 1.54) is 10.9 Å². The van der Waals surface area contributed by atoms with E-state index in [2.05, 4.69) is 47.6 Å². The maximum atomic E-state index is 5.52. The number of hydrogen-bond donors (Lipinski definition) is 0. The fourth-order valence-corrected chi connectivity index (χ4v) is 3.41. The van der Waals surface area contributed by atoms with Gasteiger partial charge < -0.3 is 4.74 Å². The van der Waals surface area contributed by atoms with Gasteiger partial charge in [0, 0.05) is 5.39 Å². The van der Waals surface area contributed by atoms with Gasteiger partial charge in [-0.2, -0.15) is 0 Å². The average molecular weight is 317 g/mol. The molecule has 0 radical (unpaired) electrons. The zero-order valence-corrected chi connectivity index (χ0v) is 13.8. The molecule has 4 aromatic rings. The summed E-state index contributed by atoms with van der Waals surface area (Å²) in [4.78, 5) is 0. The molecule has 0 fully saturated rings.